The number of aromatic nitrogens is 2. The van der Waals surface area contributed by atoms with Crippen LogP contribution in [0.3, 0.4) is 0 Å². The number of benzene rings is 2. The number of thiocarbonyl (C=S) groups is 1. The van der Waals surface area contributed by atoms with E-state index in [1.807, 2.05) is 36.5 Å². The Kier molecular flexibility index (Phi) is 6.88. The third-order valence-corrected chi connectivity index (χ3v) is 7.06. The van der Waals surface area contributed by atoms with Gasteiger partial charge in [-0.25, -0.2) is 4.79 Å². The molecule has 4 aromatic rings. The Labute approximate surface area is 208 Å². The Bertz CT molecular complexity index is 1340. The van der Waals surface area contributed by atoms with Gasteiger partial charge in [-0.3, -0.25) is 4.68 Å². The summed E-state index contributed by atoms with van der Waals surface area (Å²) < 4.78 is 7.39. The molecule has 0 aliphatic heterocycles. The topological polar surface area (TPSA) is 68.2 Å². The summed E-state index contributed by atoms with van der Waals surface area (Å²) in [6, 6.07) is 11.0. The van der Waals surface area contributed by atoms with E-state index in [1.54, 1.807) is 16.9 Å². The van der Waals surface area contributed by atoms with E-state index in [1.165, 1.54) is 18.4 Å². The van der Waals surface area contributed by atoms with Gasteiger partial charge in [-0.05, 0) is 48.1 Å². The monoisotopic (exact) mass is 524 g/mol. The lowest BCUT2D eigenvalue weighted by Gasteiger charge is -2.09. The Morgan fingerprint density at radius 1 is 1.12 bits per heavy atom. The van der Waals surface area contributed by atoms with Gasteiger partial charge in [0, 0.05) is 22.0 Å². The molecular formula is C21H15Cl3N4O2S2. The van der Waals surface area contributed by atoms with Crippen LogP contribution in [0.1, 0.15) is 15.2 Å². The zero-order valence-corrected chi connectivity index (χ0v) is 20.4. The molecule has 32 heavy (non-hydrogen) atoms. The van der Waals surface area contributed by atoms with E-state index < -0.39 is 5.97 Å². The van der Waals surface area contributed by atoms with Crippen molar-refractivity contribution in [3.63, 3.8) is 0 Å². The molecule has 0 saturated heterocycles. The summed E-state index contributed by atoms with van der Waals surface area (Å²) in [5, 5.41) is 13.1. The van der Waals surface area contributed by atoms with E-state index in [0.717, 1.165) is 27.0 Å². The molecule has 2 aromatic heterocycles. The zero-order valence-electron chi connectivity index (χ0n) is 16.5. The molecule has 0 amide bonds. The number of nitrogens with zero attached hydrogens (tertiary/aromatic N) is 2. The van der Waals surface area contributed by atoms with Crippen LogP contribution in [-0.2, 0) is 11.3 Å². The van der Waals surface area contributed by atoms with Gasteiger partial charge in [-0.1, -0.05) is 40.9 Å². The number of halogens is 3. The average Bonchev–Trinajstić information content (AvgIpc) is 3.33. The zero-order chi connectivity index (χ0) is 22.8. The van der Waals surface area contributed by atoms with Crippen molar-refractivity contribution < 1.29 is 9.53 Å². The molecule has 4 rings (SSSR count). The molecule has 0 radical (unpaired) electrons. The number of fused-ring (bicyclic) bond motifs is 1. The summed E-state index contributed by atoms with van der Waals surface area (Å²) in [5.41, 5.74) is 2.47. The van der Waals surface area contributed by atoms with Gasteiger partial charge >= 0.3 is 5.97 Å². The van der Waals surface area contributed by atoms with Gasteiger partial charge in [0.2, 0.25) is 0 Å². The molecule has 6 nitrogen and oxygen atoms in total. The van der Waals surface area contributed by atoms with Crippen LogP contribution < -0.4 is 10.6 Å². The fourth-order valence-corrected chi connectivity index (χ4v) is 5.02. The molecule has 0 saturated carbocycles. The van der Waals surface area contributed by atoms with E-state index in [2.05, 4.69) is 15.7 Å². The fraction of sp³-hybridized carbons (Fsp3) is 0.0952. The number of hydrogen-bond acceptors (Lipinski definition) is 5. The Balaban J connectivity index is 1.42. The molecular weight excluding hydrogens is 511 g/mol. The van der Waals surface area contributed by atoms with E-state index in [-0.39, 0.29) is 0 Å². The molecule has 0 unspecified atom stereocenters. The van der Waals surface area contributed by atoms with Crippen molar-refractivity contribution in [1.82, 2.24) is 9.78 Å². The van der Waals surface area contributed by atoms with Crippen molar-refractivity contribution in [1.29, 1.82) is 0 Å². The normalized spacial score (nSPS) is 10.9. The van der Waals surface area contributed by atoms with Crippen molar-refractivity contribution in [3.05, 3.63) is 74.3 Å². The van der Waals surface area contributed by atoms with Crippen LogP contribution in [0.4, 0.5) is 11.4 Å². The highest BCUT2D eigenvalue weighted by Crippen LogP contribution is 2.37. The van der Waals surface area contributed by atoms with E-state index >= 15 is 0 Å². The highest BCUT2D eigenvalue weighted by molar-refractivity contribution is 7.80. The number of thiophene rings is 1. The molecule has 0 aliphatic carbocycles. The Morgan fingerprint density at radius 2 is 1.91 bits per heavy atom. The standard InChI is InChI=1S/C21H15Cl3N4O2S2/c1-30-20(29)19-18(24)14-4-3-12(7-17(14)32-19)26-21(31)27-13-8-25-28(10-13)9-11-2-5-15(22)16(23)6-11/h2-8,10H,9H2,1H3,(H2,26,27,31). The second kappa shape index (κ2) is 9.64. The van der Waals surface area contributed by atoms with Gasteiger partial charge in [0.05, 0.1) is 40.6 Å². The summed E-state index contributed by atoms with van der Waals surface area (Å²) in [4.78, 5) is 12.2. The quantitative estimate of drug-likeness (QED) is 0.223. The number of anilines is 2. The van der Waals surface area contributed by atoms with Crippen LogP contribution in [0.25, 0.3) is 10.1 Å². The first kappa shape index (κ1) is 22.8. The van der Waals surface area contributed by atoms with Crippen molar-refractivity contribution >= 4 is 90.9 Å². The summed E-state index contributed by atoms with van der Waals surface area (Å²) in [6.45, 7) is 0.539. The molecule has 11 heteroatoms. The van der Waals surface area contributed by atoms with Gasteiger partial charge < -0.3 is 15.4 Å². The summed E-state index contributed by atoms with van der Waals surface area (Å²) >= 11 is 25.0. The van der Waals surface area contributed by atoms with Crippen molar-refractivity contribution in [2.45, 2.75) is 6.54 Å². The molecule has 0 atom stereocenters. The molecule has 0 spiro atoms. The van der Waals surface area contributed by atoms with Crippen LogP contribution in [0.5, 0.6) is 0 Å². The van der Waals surface area contributed by atoms with Crippen LogP contribution in [0.2, 0.25) is 15.1 Å². The smallest absolute Gasteiger partial charge is 0.349 e. The molecule has 2 heterocycles. The van der Waals surface area contributed by atoms with Crippen LogP contribution in [-0.4, -0.2) is 28.0 Å². The minimum absolute atomic E-state index is 0.372. The molecule has 0 aliphatic rings. The number of rotatable bonds is 5. The number of methoxy groups -OCH3 is 1. The fourth-order valence-electron chi connectivity index (χ4n) is 3.00. The molecule has 0 fully saturated rings. The average molecular weight is 526 g/mol. The van der Waals surface area contributed by atoms with Gasteiger partial charge in [-0.2, -0.15) is 5.10 Å². The van der Waals surface area contributed by atoms with E-state index in [9.17, 15) is 4.79 Å². The number of ether oxygens (including phenoxy) is 1. The predicted molar refractivity (Wildman–Crippen MR) is 136 cm³/mol. The third kappa shape index (κ3) is 5.00. The van der Waals surface area contributed by atoms with Gasteiger partial charge in [0.15, 0.2) is 5.11 Å². The first-order valence-electron chi connectivity index (χ1n) is 9.19. The first-order chi connectivity index (χ1) is 15.3. The van der Waals surface area contributed by atoms with Crippen LogP contribution in [0, 0.1) is 0 Å². The lowest BCUT2D eigenvalue weighted by Crippen LogP contribution is -2.18. The maximum Gasteiger partial charge on any atom is 0.349 e. The molecule has 2 aromatic carbocycles. The van der Waals surface area contributed by atoms with Crippen molar-refractivity contribution in [2.24, 2.45) is 0 Å². The van der Waals surface area contributed by atoms with Gasteiger partial charge in [-0.15, -0.1) is 11.3 Å². The van der Waals surface area contributed by atoms with E-state index in [0.29, 0.717) is 31.6 Å². The lowest BCUT2D eigenvalue weighted by atomic mass is 10.2. The molecule has 2 N–H and O–H groups in total. The summed E-state index contributed by atoms with van der Waals surface area (Å²) in [7, 11) is 1.33. The molecule has 164 valence electrons. The maximum atomic E-state index is 11.9. The number of hydrogen-bond donors (Lipinski definition) is 2. The minimum atomic E-state index is -0.458. The molecule has 0 bridgehead atoms. The number of carbonyl (C=O) groups is 1. The SMILES string of the molecule is COC(=O)c1sc2cc(NC(=S)Nc3cnn(Cc4ccc(Cl)c(Cl)c4)c3)ccc2c1Cl. The minimum Gasteiger partial charge on any atom is -0.465 e. The largest absolute Gasteiger partial charge is 0.465 e. The lowest BCUT2D eigenvalue weighted by molar-refractivity contribution is 0.0606. The number of carbonyl (C=O) groups excluding carboxylic acids is 1. The maximum absolute atomic E-state index is 11.9. The van der Waals surface area contributed by atoms with Crippen molar-refractivity contribution in [2.75, 3.05) is 17.7 Å². The third-order valence-electron chi connectivity index (χ3n) is 4.48. The number of nitrogens with one attached hydrogen (secondary N) is 2. The predicted octanol–water partition coefficient (Wildman–Crippen LogP) is 6.70. The first-order valence-corrected chi connectivity index (χ1v) is 11.5. The van der Waals surface area contributed by atoms with Crippen molar-refractivity contribution in [3.8, 4) is 0 Å². The second-order valence-electron chi connectivity index (χ2n) is 6.70. The van der Waals surface area contributed by atoms with Crippen LogP contribution in [0.15, 0.2) is 48.8 Å². The summed E-state index contributed by atoms with van der Waals surface area (Å²) in [6.07, 6.45) is 3.51. The van der Waals surface area contributed by atoms with Crippen LogP contribution >= 0.6 is 58.4 Å². The summed E-state index contributed by atoms with van der Waals surface area (Å²) in [5.74, 6) is -0.458. The highest BCUT2D eigenvalue weighted by Gasteiger charge is 2.18. The Hall–Kier alpha value is -2.36. The number of esters is 1. The van der Waals surface area contributed by atoms with Gasteiger partial charge in [0.25, 0.3) is 0 Å². The second-order valence-corrected chi connectivity index (χ2v) is 9.35. The highest BCUT2D eigenvalue weighted by atomic mass is 35.5. The van der Waals surface area contributed by atoms with Gasteiger partial charge in [0.1, 0.15) is 4.88 Å². The Morgan fingerprint density at radius 3 is 2.66 bits per heavy atom. The van der Waals surface area contributed by atoms with E-state index in [4.69, 9.17) is 51.8 Å².